The third kappa shape index (κ3) is 3.48. The first kappa shape index (κ1) is 14.4. The third-order valence-corrected chi connectivity index (χ3v) is 4.06. The van der Waals surface area contributed by atoms with Gasteiger partial charge in [0.1, 0.15) is 5.75 Å². The van der Waals surface area contributed by atoms with Gasteiger partial charge in [-0.15, -0.1) is 0 Å². The van der Waals surface area contributed by atoms with Crippen LogP contribution in [0.5, 0.6) is 5.75 Å². The van der Waals surface area contributed by atoms with Gasteiger partial charge >= 0.3 is 0 Å². The van der Waals surface area contributed by atoms with E-state index in [1.54, 1.807) is 0 Å². The Labute approximate surface area is 116 Å². The lowest BCUT2D eigenvalue weighted by Crippen LogP contribution is -2.21. The van der Waals surface area contributed by atoms with Gasteiger partial charge < -0.3 is 16.2 Å². The summed E-state index contributed by atoms with van der Waals surface area (Å²) in [7, 11) is 0. The zero-order valence-electron chi connectivity index (χ0n) is 11.9. The van der Waals surface area contributed by atoms with E-state index in [0.717, 1.165) is 11.3 Å². The number of ether oxygens (including phenoxy) is 1. The van der Waals surface area contributed by atoms with Crippen molar-refractivity contribution in [2.75, 3.05) is 13.2 Å². The summed E-state index contributed by atoms with van der Waals surface area (Å²) in [5.41, 5.74) is 14.2. The van der Waals surface area contributed by atoms with Gasteiger partial charge in [-0.3, -0.25) is 0 Å². The van der Waals surface area contributed by atoms with Gasteiger partial charge in [-0.25, -0.2) is 0 Å². The first-order valence-corrected chi connectivity index (χ1v) is 7.48. The van der Waals surface area contributed by atoms with Crippen molar-refractivity contribution in [3.8, 4) is 5.75 Å². The monoisotopic (exact) mass is 262 g/mol. The van der Waals surface area contributed by atoms with Gasteiger partial charge in [-0.2, -0.15) is 0 Å². The maximum atomic E-state index is 6.05. The van der Waals surface area contributed by atoms with Crippen LogP contribution in [0, 0.1) is 0 Å². The smallest absolute Gasteiger partial charge is 0.122 e. The lowest BCUT2D eigenvalue weighted by atomic mass is 9.82. The normalized spacial score (nSPS) is 18.3. The van der Waals surface area contributed by atoms with E-state index >= 15 is 0 Å². The van der Waals surface area contributed by atoms with Crippen molar-refractivity contribution in [3.63, 3.8) is 0 Å². The van der Waals surface area contributed by atoms with Crippen molar-refractivity contribution in [2.24, 2.45) is 11.5 Å². The second-order valence-electron chi connectivity index (χ2n) is 5.41. The maximum Gasteiger partial charge on any atom is 0.122 e. The lowest BCUT2D eigenvalue weighted by Gasteiger charge is -2.25. The van der Waals surface area contributed by atoms with E-state index in [9.17, 15) is 0 Å². The van der Waals surface area contributed by atoms with Crippen molar-refractivity contribution in [3.05, 3.63) is 29.3 Å². The molecule has 1 aliphatic carbocycles. The highest BCUT2D eigenvalue weighted by Crippen LogP contribution is 2.38. The second kappa shape index (κ2) is 6.92. The molecule has 4 N–H and O–H groups in total. The molecule has 0 heterocycles. The number of benzene rings is 1. The van der Waals surface area contributed by atoms with Gasteiger partial charge in [0.15, 0.2) is 0 Å². The molecule has 1 aliphatic rings. The Bertz CT molecular complexity index is 400. The molecular formula is C16H26N2O. The van der Waals surface area contributed by atoms with Gasteiger partial charge in [0, 0.05) is 12.6 Å². The minimum Gasteiger partial charge on any atom is -0.494 e. The Balaban J connectivity index is 2.29. The van der Waals surface area contributed by atoms with E-state index < -0.39 is 0 Å². The summed E-state index contributed by atoms with van der Waals surface area (Å²) in [6, 6.07) is 6.27. The van der Waals surface area contributed by atoms with Crippen LogP contribution >= 0.6 is 0 Å². The molecule has 0 aromatic heterocycles. The Hall–Kier alpha value is -1.06. The predicted molar refractivity (Wildman–Crippen MR) is 79.4 cm³/mol. The number of rotatable bonds is 5. The number of hydrogen-bond donors (Lipinski definition) is 2. The number of nitrogens with two attached hydrogens (primary N) is 2. The van der Waals surface area contributed by atoms with Crippen LogP contribution in [0.3, 0.4) is 0 Å². The van der Waals surface area contributed by atoms with Crippen molar-refractivity contribution >= 4 is 0 Å². The molecule has 0 spiro atoms. The van der Waals surface area contributed by atoms with Crippen LogP contribution in [0.4, 0.5) is 0 Å². The average molecular weight is 262 g/mol. The van der Waals surface area contributed by atoms with E-state index in [1.165, 1.54) is 37.7 Å². The van der Waals surface area contributed by atoms with Crippen LogP contribution in [0.25, 0.3) is 0 Å². The van der Waals surface area contributed by atoms with Crippen molar-refractivity contribution < 1.29 is 4.74 Å². The lowest BCUT2D eigenvalue weighted by molar-refractivity contribution is 0.328. The summed E-state index contributed by atoms with van der Waals surface area (Å²) in [6.07, 6.45) is 6.54. The van der Waals surface area contributed by atoms with Crippen molar-refractivity contribution in [2.45, 2.75) is 51.0 Å². The highest BCUT2D eigenvalue weighted by atomic mass is 16.5. The Kier molecular flexibility index (Phi) is 5.23. The van der Waals surface area contributed by atoms with Crippen LogP contribution in [0.15, 0.2) is 18.2 Å². The highest BCUT2D eigenvalue weighted by molar-refractivity contribution is 5.41. The number of hydrogen-bond acceptors (Lipinski definition) is 3. The standard InChI is InChI=1S/C16H26N2O/c1-2-19-16-9-8-13(15(18)11-17)10-14(16)12-6-4-3-5-7-12/h8-10,12,15H,2-7,11,17-18H2,1H3. The molecule has 1 atom stereocenters. The largest absolute Gasteiger partial charge is 0.494 e. The molecule has 0 radical (unpaired) electrons. The summed E-state index contributed by atoms with van der Waals surface area (Å²) in [6.45, 7) is 3.23. The fourth-order valence-electron chi connectivity index (χ4n) is 2.95. The molecule has 1 aromatic carbocycles. The molecular weight excluding hydrogens is 236 g/mol. The molecule has 1 fully saturated rings. The van der Waals surface area contributed by atoms with Crippen LogP contribution < -0.4 is 16.2 Å². The molecule has 1 unspecified atom stereocenters. The summed E-state index contributed by atoms with van der Waals surface area (Å²) in [5, 5.41) is 0. The molecule has 3 heteroatoms. The zero-order valence-corrected chi connectivity index (χ0v) is 11.9. The minimum atomic E-state index is -0.0713. The summed E-state index contributed by atoms with van der Waals surface area (Å²) in [4.78, 5) is 0. The topological polar surface area (TPSA) is 61.3 Å². The summed E-state index contributed by atoms with van der Waals surface area (Å²) < 4.78 is 5.79. The highest BCUT2D eigenvalue weighted by Gasteiger charge is 2.20. The molecule has 3 nitrogen and oxygen atoms in total. The van der Waals surface area contributed by atoms with Gasteiger partial charge in [-0.1, -0.05) is 31.4 Å². The Morgan fingerprint density at radius 1 is 1.26 bits per heavy atom. The third-order valence-electron chi connectivity index (χ3n) is 4.06. The Morgan fingerprint density at radius 3 is 2.63 bits per heavy atom. The molecule has 0 amide bonds. The first-order chi connectivity index (χ1) is 9.26. The van der Waals surface area contributed by atoms with Crippen molar-refractivity contribution in [1.29, 1.82) is 0 Å². The fraction of sp³-hybridized carbons (Fsp3) is 0.625. The van der Waals surface area contributed by atoms with Gasteiger partial charge in [0.2, 0.25) is 0 Å². The van der Waals surface area contributed by atoms with Crippen LogP contribution in [0.1, 0.15) is 62.1 Å². The van der Waals surface area contributed by atoms with Gasteiger partial charge in [0.25, 0.3) is 0 Å². The molecule has 0 saturated heterocycles. The van der Waals surface area contributed by atoms with Crippen LogP contribution in [0.2, 0.25) is 0 Å². The fourth-order valence-corrected chi connectivity index (χ4v) is 2.95. The van der Waals surface area contributed by atoms with E-state index in [0.29, 0.717) is 19.1 Å². The molecule has 0 bridgehead atoms. The zero-order chi connectivity index (χ0) is 13.7. The first-order valence-electron chi connectivity index (χ1n) is 7.48. The molecule has 1 saturated carbocycles. The van der Waals surface area contributed by atoms with Gasteiger partial charge in [-0.05, 0) is 42.9 Å². The predicted octanol–water partition coefficient (Wildman–Crippen LogP) is 3.09. The molecule has 106 valence electrons. The van der Waals surface area contributed by atoms with Crippen LogP contribution in [-0.2, 0) is 0 Å². The van der Waals surface area contributed by atoms with E-state index in [1.807, 2.05) is 6.92 Å². The van der Waals surface area contributed by atoms with Crippen LogP contribution in [-0.4, -0.2) is 13.2 Å². The van der Waals surface area contributed by atoms with Crippen molar-refractivity contribution in [1.82, 2.24) is 0 Å². The molecule has 0 aliphatic heterocycles. The Morgan fingerprint density at radius 2 is 2.00 bits per heavy atom. The van der Waals surface area contributed by atoms with Gasteiger partial charge in [0.05, 0.1) is 6.61 Å². The summed E-state index contributed by atoms with van der Waals surface area (Å²) in [5.74, 6) is 1.66. The second-order valence-corrected chi connectivity index (χ2v) is 5.41. The molecule has 19 heavy (non-hydrogen) atoms. The average Bonchev–Trinajstić information content (AvgIpc) is 2.48. The molecule has 2 rings (SSSR count). The van der Waals surface area contributed by atoms with E-state index in [-0.39, 0.29) is 6.04 Å². The van der Waals surface area contributed by atoms with E-state index in [2.05, 4.69) is 18.2 Å². The summed E-state index contributed by atoms with van der Waals surface area (Å²) >= 11 is 0. The quantitative estimate of drug-likeness (QED) is 0.857. The molecule has 1 aromatic rings. The minimum absolute atomic E-state index is 0.0713. The van der Waals surface area contributed by atoms with E-state index in [4.69, 9.17) is 16.2 Å². The maximum absolute atomic E-state index is 6.05. The SMILES string of the molecule is CCOc1ccc(C(N)CN)cc1C1CCCCC1.